The van der Waals surface area contributed by atoms with Crippen LogP contribution in [0.15, 0.2) is 29.4 Å². The van der Waals surface area contributed by atoms with E-state index in [9.17, 15) is 34.2 Å². The number of carboxylic acid groups (broad SMARTS) is 1. The Morgan fingerprint density at radius 3 is 2.07 bits per heavy atom. The van der Waals surface area contributed by atoms with Crippen LogP contribution in [-0.4, -0.2) is 97.5 Å². The van der Waals surface area contributed by atoms with E-state index in [-0.39, 0.29) is 64.0 Å². The molecule has 0 radical (unpaired) electrons. The number of benzene rings is 1. The number of aromatic hydroxyl groups is 1. The van der Waals surface area contributed by atoms with Crippen molar-refractivity contribution in [2.75, 3.05) is 39.5 Å². The molecule has 0 aromatic heterocycles. The summed E-state index contributed by atoms with van der Waals surface area (Å²) in [5, 5.41) is 32.3. The topological polar surface area (TPSA) is 241 Å². The average Bonchev–Trinajstić information content (AvgIpc) is 2.93. The average molecular weight is 608 g/mol. The summed E-state index contributed by atoms with van der Waals surface area (Å²) in [5.74, 6) is -3.98. The first-order chi connectivity index (χ1) is 20.4. The van der Waals surface area contributed by atoms with Gasteiger partial charge in [0.25, 0.3) is 0 Å². The van der Waals surface area contributed by atoms with Gasteiger partial charge in [-0.3, -0.25) is 24.0 Å². The third-order valence-electron chi connectivity index (χ3n) is 5.74. The molecule has 238 valence electrons. The third-order valence-corrected chi connectivity index (χ3v) is 5.74. The second-order valence-corrected chi connectivity index (χ2v) is 9.94. The van der Waals surface area contributed by atoms with Gasteiger partial charge in [-0.15, -0.1) is 0 Å². The van der Waals surface area contributed by atoms with Gasteiger partial charge >= 0.3 is 5.97 Å². The van der Waals surface area contributed by atoms with Crippen molar-refractivity contribution in [3.8, 4) is 5.75 Å². The number of carboxylic acids is 1. The normalized spacial score (nSPS) is 12.7. The minimum atomic E-state index is -1.43. The van der Waals surface area contributed by atoms with Crippen LogP contribution in [0.3, 0.4) is 0 Å². The number of phenolic OH excluding ortho intramolecular Hbond substituents is 1. The Balaban J connectivity index is 2.80. The summed E-state index contributed by atoms with van der Waals surface area (Å²) in [7, 11) is 0. The zero-order valence-corrected chi connectivity index (χ0v) is 24.6. The molecule has 1 aromatic carbocycles. The summed E-state index contributed by atoms with van der Waals surface area (Å²) >= 11 is 0. The summed E-state index contributed by atoms with van der Waals surface area (Å²) in [5.41, 5.74) is 8.84. The van der Waals surface area contributed by atoms with Crippen LogP contribution in [0.5, 0.6) is 5.75 Å². The summed E-state index contributed by atoms with van der Waals surface area (Å²) in [6, 6.07) is 2.48. The van der Waals surface area contributed by atoms with Crippen molar-refractivity contribution in [3.05, 3.63) is 40.3 Å². The van der Waals surface area contributed by atoms with Crippen LogP contribution in [0, 0.1) is 5.92 Å². The van der Waals surface area contributed by atoms with Crippen molar-refractivity contribution in [1.82, 2.24) is 21.3 Å². The van der Waals surface area contributed by atoms with E-state index in [4.69, 9.17) is 15.0 Å². The highest BCUT2D eigenvalue weighted by Gasteiger charge is 2.31. The van der Waals surface area contributed by atoms with E-state index < -0.39 is 54.1 Å². The van der Waals surface area contributed by atoms with Gasteiger partial charge in [-0.05, 0) is 35.6 Å². The zero-order chi connectivity index (χ0) is 32.2. The lowest BCUT2D eigenvalue weighted by atomic mass is 10.0. The fraction of sp³-hybridized carbons (Fsp3) is 0.593. The minimum absolute atomic E-state index is 0.0331. The summed E-state index contributed by atoms with van der Waals surface area (Å²) in [4.78, 5) is 64.9. The van der Waals surface area contributed by atoms with Gasteiger partial charge in [-0.1, -0.05) is 31.1 Å². The van der Waals surface area contributed by atoms with E-state index in [0.29, 0.717) is 5.56 Å². The number of ether oxygens (including phenoxy) is 2. The molecule has 16 nitrogen and oxygen atoms in total. The van der Waals surface area contributed by atoms with Gasteiger partial charge in [0.2, 0.25) is 23.6 Å². The van der Waals surface area contributed by atoms with E-state index in [2.05, 4.69) is 31.3 Å². The monoisotopic (exact) mass is 607 g/mol. The molecule has 6 N–H and O–H groups in total. The molecular weight excluding hydrogens is 566 g/mol. The molecule has 0 saturated heterocycles. The predicted molar refractivity (Wildman–Crippen MR) is 154 cm³/mol. The molecule has 0 aliphatic carbocycles. The molecule has 1 aromatic rings. The smallest absolute Gasteiger partial charge is 0.305 e. The Morgan fingerprint density at radius 2 is 1.49 bits per heavy atom. The molecule has 0 spiro atoms. The van der Waals surface area contributed by atoms with Crippen molar-refractivity contribution in [2.24, 2.45) is 11.0 Å². The van der Waals surface area contributed by atoms with Crippen molar-refractivity contribution >= 4 is 29.6 Å². The molecule has 0 aliphatic rings. The number of phenols is 1. The van der Waals surface area contributed by atoms with Crippen LogP contribution < -0.4 is 21.3 Å². The molecule has 0 unspecified atom stereocenters. The molecule has 0 bridgehead atoms. The van der Waals surface area contributed by atoms with E-state index in [0.717, 1.165) is 0 Å². The van der Waals surface area contributed by atoms with E-state index in [1.165, 1.54) is 19.1 Å². The van der Waals surface area contributed by atoms with Crippen molar-refractivity contribution in [2.45, 2.75) is 58.2 Å². The fourth-order valence-electron chi connectivity index (χ4n) is 3.80. The lowest BCUT2D eigenvalue weighted by Crippen LogP contribution is -2.57. The highest BCUT2D eigenvalue weighted by atomic mass is 16.5. The molecule has 0 aliphatic heterocycles. The zero-order valence-electron chi connectivity index (χ0n) is 24.6. The minimum Gasteiger partial charge on any atom is -0.508 e. The maximum Gasteiger partial charge on any atom is 0.305 e. The molecule has 43 heavy (non-hydrogen) atoms. The van der Waals surface area contributed by atoms with Crippen LogP contribution in [0.4, 0.5) is 0 Å². The van der Waals surface area contributed by atoms with Gasteiger partial charge in [0.15, 0.2) is 0 Å². The number of rotatable bonds is 21. The SMILES string of the molecule is CC(=O)N[C@@H](Cc1ccc(O)cc1)C(=O)N[C@H](CC(C)C)C(=O)N[C@@H](CC(=O)O)C(=O)NCCOCCOCCN=[N+]=[N-]. The van der Waals surface area contributed by atoms with Crippen LogP contribution in [0.25, 0.3) is 10.4 Å². The van der Waals surface area contributed by atoms with Gasteiger partial charge in [-0.2, -0.15) is 0 Å². The summed E-state index contributed by atoms with van der Waals surface area (Å²) in [6.45, 7) is 5.91. The summed E-state index contributed by atoms with van der Waals surface area (Å²) in [6.07, 6.45) is -0.450. The number of nitrogens with zero attached hydrogens (tertiary/aromatic N) is 3. The Bertz CT molecular complexity index is 1110. The Morgan fingerprint density at radius 1 is 0.884 bits per heavy atom. The maximum atomic E-state index is 13.2. The maximum absolute atomic E-state index is 13.2. The standard InChI is InChI=1S/C27H41N7O9/c1-17(2)14-21(32-27(41)22(31-18(3)35)15-19-4-6-20(36)7-5-19)26(40)33-23(16-24(37)38)25(39)29-8-10-42-12-13-43-11-9-30-34-28/h4-7,17,21-23,36H,8-16H2,1-3H3,(H,29,39)(H,31,35)(H,32,41)(H,33,40)(H,37,38)/t21-,22+,23+/m1/s1. The number of carbonyl (C=O) groups is 5. The number of aliphatic carboxylic acids is 1. The van der Waals surface area contributed by atoms with Crippen molar-refractivity contribution in [3.63, 3.8) is 0 Å². The van der Waals surface area contributed by atoms with Crippen molar-refractivity contribution < 1.29 is 43.7 Å². The molecule has 0 fully saturated rings. The number of amides is 4. The molecule has 1 rings (SSSR count). The van der Waals surface area contributed by atoms with Gasteiger partial charge < -0.3 is 41.0 Å². The fourth-order valence-corrected chi connectivity index (χ4v) is 3.80. The van der Waals surface area contributed by atoms with E-state index in [1.807, 2.05) is 13.8 Å². The molecular formula is C27H41N7O9. The van der Waals surface area contributed by atoms with Gasteiger partial charge in [0, 0.05) is 31.3 Å². The quantitative estimate of drug-likeness (QED) is 0.0489. The number of hydrogen-bond donors (Lipinski definition) is 6. The van der Waals surface area contributed by atoms with E-state index >= 15 is 0 Å². The highest BCUT2D eigenvalue weighted by molar-refractivity contribution is 5.95. The van der Waals surface area contributed by atoms with Crippen LogP contribution in [0.2, 0.25) is 0 Å². The Kier molecular flexibility index (Phi) is 17.4. The Labute approximate surface area is 249 Å². The molecule has 16 heteroatoms. The molecule has 0 saturated carbocycles. The first-order valence-electron chi connectivity index (χ1n) is 13.7. The van der Waals surface area contributed by atoms with Crippen molar-refractivity contribution in [1.29, 1.82) is 0 Å². The van der Waals surface area contributed by atoms with Crippen LogP contribution in [0.1, 0.15) is 39.2 Å². The largest absolute Gasteiger partial charge is 0.508 e. The second kappa shape index (κ2) is 20.5. The third kappa shape index (κ3) is 16.6. The second-order valence-electron chi connectivity index (χ2n) is 9.94. The first kappa shape index (κ1) is 36.6. The van der Waals surface area contributed by atoms with Gasteiger partial charge in [0.05, 0.1) is 32.8 Å². The number of nitrogens with one attached hydrogen (secondary N) is 4. The van der Waals surface area contributed by atoms with Crippen LogP contribution >= 0.6 is 0 Å². The molecule has 4 amide bonds. The molecule has 0 heterocycles. The Hall–Kier alpha value is -4.40. The summed E-state index contributed by atoms with van der Waals surface area (Å²) < 4.78 is 10.5. The lowest BCUT2D eigenvalue weighted by molar-refractivity contribution is -0.141. The molecule has 3 atom stereocenters. The lowest BCUT2D eigenvalue weighted by Gasteiger charge is -2.26. The van der Waals surface area contributed by atoms with Gasteiger partial charge in [-0.25, -0.2) is 0 Å². The highest BCUT2D eigenvalue weighted by Crippen LogP contribution is 2.12. The van der Waals surface area contributed by atoms with Crippen LogP contribution in [-0.2, 0) is 39.9 Å². The number of azide groups is 1. The number of hydrogen-bond acceptors (Lipinski definition) is 9. The van der Waals surface area contributed by atoms with Gasteiger partial charge in [0.1, 0.15) is 23.9 Å². The van der Waals surface area contributed by atoms with E-state index in [1.54, 1.807) is 12.1 Å². The first-order valence-corrected chi connectivity index (χ1v) is 13.7. The predicted octanol–water partition coefficient (Wildman–Crippen LogP) is 0.390. The number of carbonyl (C=O) groups excluding carboxylic acids is 4.